The Kier molecular flexibility index (Phi) is 5.71. The molecule has 0 radical (unpaired) electrons. The van der Waals surface area contributed by atoms with Crippen LogP contribution in [0.15, 0.2) is 0 Å². The van der Waals surface area contributed by atoms with E-state index in [-0.39, 0.29) is 13.6 Å². The molecule has 0 atom stereocenters. The highest BCUT2D eigenvalue weighted by atomic mass is 31.1. The van der Waals surface area contributed by atoms with Crippen LogP contribution in [0.5, 0.6) is 0 Å². The van der Waals surface area contributed by atoms with Crippen LogP contribution in [0, 0.1) is 0 Å². The first kappa shape index (κ1) is 11.1. The summed E-state index contributed by atoms with van der Waals surface area (Å²) < 4.78 is 15.7. The van der Waals surface area contributed by atoms with E-state index in [0.717, 1.165) is 26.1 Å². The average molecular weight is 176 g/mol. The molecule has 0 aromatic heterocycles. The van der Waals surface area contributed by atoms with Gasteiger partial charge in [-0.2, -0.15) is 0 Å². The molecule has 0 saturated heterocycles. The maximum absolute atomic E-state index is 10.5. The molecular formula is C8H17O2P. The van der Waals surface area contributed by atoms with Gasteiger partial charge in [0.15, 0.2) is 8.46 Å². The molecule has 0 amide bonds. The van der Waals surface area contributed by atoms with E-state index in [1.807, 2.05) is 20.8 Å². The molecule has 0 aliphatic heterocycles. The van der Waals surface area contributed by atoms with Gasteiger partial charge in [-0.3, -0.25) is 4.57 Å². The van der Waals surface area contributed by atoms with Gasteiger partial charge in [-0.05, 0) is 33.6 Å². The summed E-state index contributed by atoms with van der Waals surface area (Å²) >= 11 is 0. The molecule has 3 heteroatoms. The third-order valence-electron chi connectivity index (χ3n) is 1.53. The minimum absolute atomic E-state index is 0.0723. The van der Waals surface area contributed by atoms with Gasteiger partial charge in [0, 0.05) is 18.4 Å². The highest BCUT2D eigenvalue weighted by Crippen LogP contribution is 2.26. The third kappa shape index (κ3) is 6.46. The summed E-state index contributed by atoms with van der Waals surface area (Å²) in [7, 11) is 0.235. The summed E-state index contributed by atoms with van der Waals surface area (Å²) in [6.07, 6.45) is 1.95. The normalized spacial score (nSPS) is 12.3. The first-order chi connectivity index (χ1) is 5.12. The number of ether oxygens (including phenoxy) is 1. The van der Waals surface area contributed by atoms with E-state index in [1.165, 1.54) is 0 Å². The minimum Gasteiger partial charge on any atom is -0.382 e. The van der Waals surface area contributed by atoms with E-state index >= 15 is 0 Å². The minimum atomic E-state index is -0.0723. The van der Waals surface area contributed by atoms with Crippen LogP contribution in [0.25, 0.3) is 0 Å². The lowest BCUT2D eigenvalue weighted by molar-refractivity contribution is 0.141. The fourth-order valence-electron chi connectivity index (χ4n) is 0.797. The van der Waals surface area contributed by atoms with Gasteiger partial charge in [0.05, 0.1) is 0 Å². The maximum atomic E-state index is 10.5. The average Bonchev–Trinajstić information content (AvgIpc) is 1.99. The Balaban J connectivity index is 3.30. The van der Waals surface area contributed by atoms with E-state index in [4.69, 9.17) is 4.74 Å². The van der Waals surface area contributed by atoms with Gasteiger partial charge in [-0.1, -0.05) is 0 Å². The third-order valence-corrected chi connectivity index (χ3v) is 2.25. The van der Waals surface area contributed by atoms with Crippen molar-refractivity contribution in [2.24, 2.45) is 0 Å². The molecule has 0 fully saturated rings. The lowest BCUT2D eigenvalue weighted by atomic mass is 10.1. The van der Waals surface area contributed by atoms with Crippen molar-refractivity contribution >= 4 is 8.46 Å². The lowest BCUT2D eigenvalue weighted by Gasteiger charge is -2.14. The highest BCUT2D eigenvalue weighted by Gasteiger charge is 2.16. The molecule has 0 saturated carbocycles. The Bertz CT molecular complexity index is 113. The van der Waals surface area contributed by atoms with Crippen LogP contribution < -0.4 is 0 Å². The Labute approximate surface area is 70.5 Å². The Morgan fingerprint density at radius 1 is 1.45 bits per heavy atom. The second-order valence-electron chi connectivity index (χ2n) is 3.20. The van der Waals surface area contributed by atoms with E-state index < -0.39 is 0 Å². The molecule has 66 valence electrons. The summed E-state index contributed by atoms with van der Waals surface area (Å²) in [6.45, 7) is 7.53. The van der Waals surface area contributed by atoms with Crippen LogP contribution >= 0.6 is 8.46 Å². The smallest absolute Gasteiger partial charge is 0.161 e. The van der Waals surface area contributed by atoms with Gasteiger partial charge >= 0.3 is 0 Å². The predicted molar refractivity (Wildman–Crippen MR) is 47.4 cm³/mol. The standard InChI is InChI=1S/C8H17O2P/c1-4-10-7-5-6-8(2,3)11-9/h4-7H2,1-3H3. The summed E-state index contributed by atoms with van der Waals surface area (Å²) in [4.78, 5) is 0. The molecule has 0 N–H and O–H groups in total. The number of hydrogen-bond acceptors (Lipinski definition) is 2. The fraction of sp³-hybridized carbons (Fsp3) is 1.00. The van der Waals surface area contributed by atoms with Crippen molar-refractivity contribution in [3.8, 4) is 0 Å². The van der Waals surface area contributed by atoms with Crippen molar-refractivity contribution in [1.29, 1.82) is 0 Å². The molecule has 0 aromatic rings. The Morgan fingerprint density at radius 2 is 2.09 bits per heavy atom. The molecule has 0 spiro atoms. The summed E-state index contributed by atoms with van der Waals surface area (Å²) in [6, 6.07) is 0. The van der Waals surface area contributed by atoms with Crippen molar-refractivity contribution in [2.75, 3.05) is 13.2 Å². The predicted octanol–water partition coefficient (Wildman–Crippen LogP) is 2.87. The van der Waals surface area contributed by atoms with Crippen molar-refractivity contribution in [3.63, 3.8) is 0 Å². The summed E-state index contributed by atoms with van der Waals surface area (Å²) in [5.74, 6) is 0. The quantitative estimate of drug-likeness (QED) is 0.459. The molecule has 0 aliphatic carbocycles. The zero-order valence-corrected chi connectivity index (χ0v) is 8.49. The van der Waals surface area contributed by atoms with E-state index in [1.54, 1.807) is 0 Å². The highest BCUT2D eigenvalue weighted by molar-refractivity contribution is 7.25. The fourth-order valence-corrected chi connectivity index (χ4v) is 1.05. The Hall–Kier alpha value is 0.0600. The lowest BCUT2D eigenvalue weighted by Crippen LogP contribution is -2.11. The number of hydrogen-bond donors (Lipinski definition) is 0. The molecule has 0 heterocycles. The first-order valence-corrected chi connectivity index (χ1v) is 4.86. The van der Waals surface area contributed by atoms with Crippen LogP contribution in [-0.4, -0.2) is 18.4 Å². The van der Waals surface area contributed by atoms with E-state index in [2.05, 4.69) is 0 Å². The van der Waals surface area contributed by atoms with E-state index in [9.17, 15) is 4.57 Å². The monoisotopic (exact) mass is 176 g/mol. The Morgan fingerprint density at radius 3 is 2.55 bits per heavy atom. The second-order valence-corrected chi connectivity index (χ2v) is 4.60. The van der Waals surface area contributed by atoms with Crippen LogP contribution in [0.1, 0.15) is 33.6 Å². The summed E-state index contributed by atoms with van der Waals surface area (Å²) in [5.41, 5.74) is 0. The van der Waals surface area contributed by atoms with Crippen LogP contribution in [-0.2, 0) is 9.30 Å². The molecule has 0 unspecified atom stereocenters. The van der Waals surface area contributed by atoms with Crippen LogP contribution in [0.2, 0.25) is 0 Å². The van der Waals surface area contributed by atoms with Crippen LogP contribution in [0.3, 0.4) is 0 Å². The second kappa shape index (κ2) is 5.68. The first-order valence-electron chi connectivity index (χ1n) is 4.04. The van der Waals surface area contributed by atoms with Crippen molar-refractivity contribution < 1.29 is 9.30 Å². The zero-order valence-electron chi connectivity index (χ0n) is 7.59. The van der Waals surface area contributed by atoms with Gasteiger partial charge < -0.3 is 4.74 Å². The molecule has 0 aromatic carbocycles. The van der Waals surface area contributed by atoms with Crippen LogP contribution in [0.4, 0.5) is 0 Å². The maximum Gasteiger partial charge on any atom is 0.161 e. The zero-order chi connectivity index (χ0) is 8.74. The van der Waals surface area contributed by atoms with Crippen molar-refractivity contribution in [2.45, 2.75) is 38.8 Å². The molecule has 0 rings (SSSR count). The molecule has 2 nitrogen and oxygen atoms in total. The topological polar surface area (TPSA) is 26.3 Å². The van der Waals surface area contributed by atoms with Gasteiger partial charge in [0.2, 0.25) is 0 Å². The van der Waals surface area contributed by atoms with Crippen molar-refractivity contribution in [1.82, 2.24) is 0 Å². The molecule has 0 aliphatic rings. The van der Waals surface area contributed by atoms with E-state index in [0.29, 0.717) is 0 Å². The SMILES string of the molecule is CCOCCCC(C)(C)P=O. The molecule has 11 heavy (non-hydrogen) atoms. The molecular weight excluding hydrogens is 159 g/mol. The van der Waals surface area contributed by atoms with Gasteiger partial charge in [0.25, 0.3) is 0 Å². The van der Waals surface area contributed by atoms with Gasteiger partial charge in [0.1, 0.15) is 0 Å². The molecule has 0 bridgehead atoms. The van der Waals surface area contributed by atoms with Crippen molar-refractivity contribution in [3.05, 3.63) is 0 Å². The number of rotatable bonds is 6. The largest absolute Gasteiger partial charge is 0.382 e. The van der Waals surface area contributed by atoms with Gasteiger partial charge in [-0.15, -0.1) is 0 Å². The summed E-state index contributed by atoms with van der Waals surface area (Å²) in [5, 5.41) is -0.0723. The van der Waals surface area contributed by atoms with Gasteiger partial charge in [-0.25, -0.2) is 0 Å².